The zero-order valence-electron chi connectivity index (χ0n) is 46.3. The third-order valence-corrected chi connectivity index (χ3v) is 18.3. The van der Waals surface area contributed by atoms with Gasteiger partial charge in [-0.15, -0.1) is 0 Å². The molecule has 0 atom stereocenters. The molecule has 16 heteroatoms. The Labute approximate surface area is 484 Å². The fourth-order valence-corrected chi connectivity index (χ4v) is 13.2. The maximum absolute atomic E-state index is 14.6. The van der Waals surface area contributed by atoms with Gasteiger partial charge in [0.25, 0.3) is 15.9 Å². The normalized spacial score (nSPS) is 18.7. The number of amides is 1. The first-order valence-corrected chi connectivity index (χ1v) is 29.9. The maximum Gasteiger partial charge on any atom is 0.312 e. The highest BCUT2D eigenvalue weighted by molar-refractivity contribution is 7.90. The number of carbonyl (C=O) groups is 1. The second-order valence-electron chi connectivity index (χ2n) is 23.1. The average Bonchev–Trinajstić information content (AvgIpc) is 3.98. The summed E-state index contributed by atoms with van der Waals surface area (Å²) < 4.78 is 45.4. The van der Waals surface area contributed by atoms with Crippen molar-refractivity contribution in [3.8, 4) is 17.2 Å². The highest BCUT2D eigenvalue weighted by atomic mass is 35.5. The Balaban J connectivity index is 0.923. The van der Waals surface area contributed by atoms with Crippen molar-refractivity contribution >= 4 is 55.4 Å². The summed E-state index contributed by atoms with van der Waals surface area (Å²) in [5.41, 5.74) is 6.33. The fourth-order valence-electron chi connectivity index (χ4n) is 12.1. The summed E-state index contributed by atoms with van der Waals surface area (Å²) in [6.07, 6.45) is 7.40. The van der Waals surface area contributed by atoms with Gasteiger partial charge in [-0.2, -0.15) is 5.10 Å². The molecule has 0 unspecified atom stereocenters. The van der Waals surface area contributed by atoms with Crippen LogP contribution in [0.25, 0.3) is 16.5 Å². The van der Waals surface area contributed by atoms with Gasteiger partial charge in [0.05, 0.1) is 44.7 Å². The van der Waals surface area contributed by atoms with Gasteiger partial charge < -0.3 is 19.5 Å². The van der Waals surface area contributed by atoms with E-state index < -0.39 is 42.6 Å². The molecule has 82 heavy (non-hydrogen) atoms. The van der Waals surface area contributed by atoms with Crippen LogP contribution in [-0.2, 0) is 15.6 Å². The lowest BCUT2D eigenvalue weighted by Crippen LogP contribution is -2.47. The van der Waals surface area contributed by atoms with Crippen LogP contribution >= 0.6 is 11.6 Å². The summed E-state index contributed by atoms with van der Waals surface area (Å²) in [7, 11) is -4.71. The lowest BCUT2D eigenvalue weighted by atomic mass is 9.72. The summed E-state index contributed by atoms with van der Waals surface area (Å²) >= 11 is 6.32. The van der Waals surface area contributed by atoms with E-state index in [1.807, 2.05) is 83.5 Å². The molecule has 8 aromatic rings. The van der Waals surface area contributed by atoms with Gasteiger partial charge in [-0.25, -0.2) is 17.8 Å². The lowest BCUT2D eigenvalue weighted by Gasteiger charge is -2.39. The molecule has 3 aliphatic rings. The Bertz CT molecular complexity index is 3660. The van der Waals surface area contributed by atoms with Crippen LogP contribution in [0.2, 0.25) is 5.02 Å². The number of fused-ring (bicyclic) bond motifs is 1. The number of benzene rings is 7. The number of sulfonamides is 1. The van der Waals surface area contributed by atoms with Crippen LogP contribution in [0.4, 0.5) is 11.4 Å². The minimum atomic E-state index is -4.71. The topological polar surface area (TPSA) is 169 Å². The Hall–Kier alpha value is -7.82. The number of halogens is 1. The van der Waals surface area contributed by atoms with E-state index in [1.54, 1.807) is 37.4 Å². The van der Waals surface area contributed by atoms with Crippen LogP contribution in [0.5, 0.6) is 17.2 Å². The standard InChI is InChI=1S/C66H67ClN6O8S/c1-64(2)33-32-48(56(42-64)47-22-24-52(67)25-23-47)44-70-36-38-71(39-37-70)53-26-28-55(63(74)69-82(78,79)54-27-29-61(59(41-54)73(76)77)80-45-46-30-34-65(3,75)35-31-46)62(40-53)81-60-21-13-20-58-57(60)43-68-72(58)66(49-14-7-4-8-15-49,50-16-9-5-10-17-50)51-18-11-6-12-19-51/h4-29,40-41,43,46,75H,30-39,42,44-45H2,1-3H3,(H,69,74)/t46-,65-. The largest absolute Gasteiger partial charge is 0.487 e. The molecule has 2 aliphatic carbocycles. The predicted octanol–water partition coefficient (Wildman–Crippen LogP) is 13.5. The first-order valence-electron chi connectivity index (χ1n) is 28.1. The van der Waals surface area contributed by atoms with Crippen molar-refractivity contribution < 1.29 is 32.7 Å². The number of piperazine rings is 1. The summed E-state index contributed by atoms with van der Waals surface area (Å²) in [5.74, 6) is -0.562. The lowest BCUT2D eigenvalue weighted by molar-refractivity contribution is -0.386. The number of carbonyl (C=O) groups excluding carboxylic acids is 1. The summed E-state index contributed by atoms with van der Waals surface area (Å²) in [6, 6.07) is 52.9. The Morgan fingerprint density at radius 3 is 2.02 bits per heavy atom. The van der Waals surface area contributed by atoms with Crippen LogP contribution in [0, 0.1) is 21.4 Å². The predicted molar refractivity (Wildman–Crippen MR) is 321 cm³/mol. The molecule has 7 aromatic carbocycles. The van der Waals surface area contributed by atoms with Crippen molar-refractivity contribution in [3.63, 3.8) is 0 Å². The van der Waals surface area contributed by atoms with Crippen molar-refractivity contribution in [2.75, 3.05) is 44.2 Å². The van der Waals surface area contributed by atoms with Crippen molar-refractivity contribution in [1.29, 1.82) is 0 Å². The molecule has 422 valence electrons. The van der Waals surface area contributed by atoms with Crippen LogP contribution in [0.15, 0.2) is 187 Å². The van der Waals surface area contributed by atoms with Crippen molar-refractivity contribution in [1.82, 2.24) is 19.4 Å². The fraction of sp³-hybridized carbons (Fsp3) is 0.303. The van der Waals surface area contributed by atoms with E-state index in [0.717, 1.165) is 72.9 Å². The van der Waals surface area contributed by atoms with Crippen molar-refractivity contribution in [2.24, 2.45) is 11.3 Å². The van der Waals surface area contributed by atoms with E-state index >= 15 is 0 Å². The number of nitro benzene ring substituents is 1. The van der Waals surface area contributed by atoms with Crippen LogP contribution in [0.1, 0.15) is 98.3 Å². The molecule has 1 aromatic heterocycles. The number of rotatable bonds is 17. The highest BCUT2D eigenvalue weighted by Gasteiger charge is 2.41. The third kappa shape index (κ3) is 11.8. The molecular formula is C66H67ClN6O8S. The monoisotopic (exact) mass is 1140 g/mol. The number of anilines is 1. The van der Waals surface area contributed by atoms with Gasteiger partial charge in [-0.3, -0.25) is 19.8 Å². The molecule has 1 saturated heterocycles. The van der Waals surface area contributed by atoms with Gasteiger partial charge in [-0.1, -0.05) is 140 Å². The maximum atomic E-state index is 14.6. The molecule has 0 spiro atoms. The second-order valence-corrected chi connectivity index (χ2v) is 25.2. The average molecular weight is 1140 g/mol. The van der Waals surface area contributed by atoms with Gasteiger partial charge in [-0.05, 0) is 140 Å². The number of aliphatic hydroxyl groups is 1. The smallest absolute Gasteiger partial charge is 0.312 e. The second kappa shape index (κ2) is 23.2. The molecular weight excluding hydrogens is 1070 g/mol. The van der Waals surface area contributed by atoms with E-state index in [0.29, 0.717) is 54.9 Å². The Morgan fingerprint density at radius 2 is 1.40 bits per heavy atom. The molecule has 11 rings (SSSR count). The Kier molecular flexibility index (Phi) is 15.9. The molecule has 1 amide bonds. The molecule has 1 saturated carbocycles. The van der Waals surface area contributed by atoms with Gasteiger partial charge >= 0.3 is 5.69 Å². The zero-order chi connectivity index (χ0) is 57.2. The summed E-state index contributed by atoms with van der Waals surface area (Å²) in [5, 5.41) is 29.3. The number of hydrogen-bond donors (Lipinski definition) is 2. The number of ether oxygens (including phenoxy) is 2. The highest BCUT2D eigenvalue weighted by Crippen LogP contribution is 2.46. The van der Waals surface area contributed by atoms with Gasteiger partial charge in [0.1, 0.15) is 17.0 Å². The van der Waals surface area contributed by atoms with E-state index in [1.165, 1.54) is 28.8 Å². The molecule has 0 radical (unpaired) electrons. The van der Waals surface area contributed by atoms with Gasteiger partial charge in [0, 0.05) is 55.6 Å². The molecule has 14 nitrogen and oxygen atoms in total. The Morgan fingerprint density at radius 1 is 0.768 bits per heavy atom. The van der Waals surface area contributed by atoms with E-state index in [9.17, 15) is 28.4 Å². The number of allylic oxidation sites excluding steroid dienone is 1. The number of nitrogens with one attached hydrogen (secondary N) is 1. The summed E-state index contributed by atoms with van der Waals surface area (Å²) in [4.78, 5) is 30.6. The number of nitro groups is 1. The number of aromatic nitrogens is 2. The molecule has 1 aliphatic heterocycles. The van der Waals surface area contributed by atoms with E-state index in [2.05, 4.69) is 76.9 Å². The van der Waals surface area contributed by atoms with Crippen molar-refractivity contribution in [3.05, 3.63) is 225 Å². The van der Waals surface area contributed by atoms with E-state index in [-0.39, 0.29) is 35.0 Å². The minimum absolute atomic E-state index is 0.0662. The number of hydrogen-bond acceptors (Lipinski definition) is 11. The van der Waals surface area contributed by atoms with Crippen molar-refractivity contribution in [2.45, 2.75) is 81.8 Å². The van der Waals surface area contributed by atoms with Crippen LogP contribution < -0.4 is 19.1 Å². The minimum Gasteiger partial charge on any atom is -0.487 e. The first kappa shape index (κ1) is 56.1. The zero-order valence-corrected chi connectivity index (χ0v) is 47.9. The molecule has 0 bridgehead atoms. The molecule has 2 N–H and O–H groups in total. The molecule has 2 heterocycles. The SMILES string of the molecule is CC1(C)CCC(CN2CCN(c3ccc(C(=O)NS(=O)(=O)c4ccc(OC[C@H]5CC[C@](C)(O)CC5)c([N+](=O)[O-])c4)c(Oc4cccc5c4cnn5C(c4ccccc4)(c4ccccc4)c4ccccc4)c3)CC2)=C(c2ccc(Cl)cc2)C1. The number of nitrogens with zero attached hydrogens (tertiary/aromatic N) is 5. The van der Waals surface area contributed by atoms with Crippen LogP contribution in [0.3, 0.4) is 0 Å². The first-order chi connectivity index (χ1) is 39.5. The third-order valence-electron chi connectivity index (χ3n) is 16.7. The molecule has 2 fully saturated rings. The van der Waals surface area contributed by atoms with Gasteiger partial charge in [0.2, 0.25) is 0 Å². The van der Waals surface area contributed by atoms with Crippen LogP contribution in [-0.4, -0.2) is 84.0 Å². The van der Waals surface area contributed by atoms with Gasteiger partial charge in [0.15, 0.2) is 5.75 Å². The summed E-state index contributed by atoms with van der Waals surface area (Å²) in [6.45, 7) is 10.4. The van der Waals surface area contributed by atoms with E-state index in [4.69, 9.17) is 26.2 Å². The quantitative estimate of drug-likeness (QED) is 0.0505.